The summed E-state index contributed by atoms with van der Waals surface area (Å²) in [5.41, 5.74) is 7.97. The molecule has 0 heterocycles. The maximum atomic E-state index is 10.6. The summed E-state index contributed by atoms with van der Waals surface area (Å²) in [6.45, 7) is 3.64. The van der Waals surface area contributed by atoms with Gasteiger partial charge in [0.1, 0.15) is 11.8 Å². The third kappa shape index (κ3) is 2.47. The second kappa shape index (κ2) is 4.31. The highest BCUT2D eigenvalue weighted by atomic mass is 16.4. The van der Waals surface area contributed by atoms with Crippen molar-refractivity contribution in [3.8, 4) is 5.75 Å². The molecule has 1 aromatic carbocycles. The predicted molar refractivity (Wildman–Crippen MR) is 56.9 cm³/mol. The minimum Gasteiger partial charge on any atom is -0.508 e. The number of carbonyl (C=O) groups is 1. The van der Waals surface area contributed by atoms with E-state index in [2.05, 4.69) is 0 Å². The first kappa shape index (κ1) is 11.5. The van der Waals surface area contributed by atoms with E-state index in [1.807, 2.05) is 6.92 Å². The maximum absolute atomic E-state index is 10.6. The Hall–Kier alpha value is -1.55. The van der Waals surface area contributed by atoms with Gasteiger partial charge in [-0.25, -0.2) is 0 Å². The van der Waals surface area contributed by atoms with Crippen molar-refractivity contribution in [1.29, 1.82) is 0 Å². The van der Waals surface area contributed by atoms with Crippen LogP contribution in [-0.2, 0) is 11.2 Å². The summed E-state index contributed by atoms with van der Waals surface area (Å²) in [7, 11) is 0. The summed E-state index contributed by atoms with van der Waals surface area (Å²) in [5, 5.41) is 18.1. The molecule has 82 valence electrons. The lowest BCUT2D eigenvalue weighted by Crippen LogP contribution is -2.32. The number of phenols is 1. The molecule has 0 aliphatic carbocycles. The number of benzene rings is 1. The highest BCUT2D eigenvalue weighted by molar-refractivity contribution is 5.73. The van der Waals surface area contributed by atoms with Crippen molar-refractivity contribution in [2.24, 2.45) is 5.73 Å². The summed E-state index contributed by atoms with van der Waals surface area (Å²) in [5.74, 6) is -0.791. The third-order valence-corrected chi connectivity index (χ3v) is 2.63. The van der Waals surface area contributed by atoms with E-state index in [-0.39, 0.29) is 12.2 Å². The first-order chi connectivity index (χ1) is 6.93. The molecular formula is C11H15NO3. The van der Waals surface area contributed by atoms with Crippen molar-refractivity contribution >= 4 is 5.97 Å². The molecule has 15 heavy (non-hydrogen) atoms. The summed E-state index contributed by atoms with van der Waals surface area (Å²) in [4.78, 5) is 10.6. The number of carboxylic acid groups (broad SMARTS) is 1. The van der Waals surface area contributed by atoms with Crippen molar-refractivity contribution in [3.05, 3.63) is 28.8 Å². The van der Waals surface area contributed by atoms with Gasteiger partial charge in [-0.3, -0.25) is 4.79 Å². The summed E-state index contributed by atoms with van der Waals surface area (Å²) >= 11 is 0. The molecule has 4 N–H and O–H groups in total. The quantitative estimate of drug-likeness (QED) is 0.692. The molecule has 1 aromatic rings. The Morgan fingerprint density at radius 3 is 2.53 bits per heavy atom. The predicted octanol–water partition coefficient (Wildman–Crippen LogP) is 0.963. The molecule has 0 amide bonds. The smallest absolute Gasteiger partial charge is 0.320 e. The first-order valence-corrected chi connectivity index (χ1v) is 4.70. The van der Waals surface area contributed by atoms with Crippen molar-refractivity contribution in [2.45, 2.75) is 26.3 Å². The van der Waals surface area contributed by atoms with Gasteiger partial charge >= 0.3 is 5.97 Å². The van der Waals surface area contributed by atoms with Crippen LogP contribution in [0.3, 0.4) is 0 Å². The lowest BCUT2D eigenvalue weighted by molar-refractivity contribution is -0.138. The van der Waals surface area contributed by atoms with Gasteiger partial charge in [0.05, 0.1) is 0 Å². The molecule has 0 saturated carbocycles. The maximum Gasteiger partial charge on any atom is 0.320 e. The molecule has 1 rings (SSSR count). The Kier molecular flexibility index (Phi) is 3.31. The molecule has 0 saturated heterocycles. The number of phenolic OH excluding ortho intramolecular Hbond substituents is 1. The van der Waals surface area contributed by atoms with Gasteiger partial charge in [0.25, 0.3) is 0 Å². The molecule has 4 heteroatoms. The van der Waals surface area contributed by atoms with Gasteiger partial charge in [0, 0.05) is 0 Å². The fourth-order valence-corrected chi connectivity index (χ4v) is 1.41. The summed E-state index contributed by atoms with van der Waals surface area (Å²) in [6.07, 6.45) is 0.280. The monoisotopic (exact) mass is 209 g/mol. The van der Waals surface area contributed by atoms with E-state index >= 15 is 0 Å². The molecule has 0 fully saturated rings. The molecule has 1 unspecified atom stereocenters. The number of aliphatic carboxylic acids is 1. The zero-order valence-electron chi connectivity index (χ0n) is 8.82. The Morgan fingerprint density at radius 2 is 2.00 bits per heavy atom. The lowest BCUT2D eigenvalue weighted by Gasteiger charge is -2.12. The van der Waals surface area contributed by atoms with Gasteiger partial charge < -0.3 is 15.9 Å². The van der Waals surface area contributed by atoms with Crippen molar-refractivity contribution in [3.63, 3.8) is 0 Å². The molecule has 0 aromatic heterocycles. The molecule has 0 radical (unpaired) electrons. The van der Waals surface area contributed by atoms with Crippen LogP contribution < -0.4 is 5.73 Å². The highest BCUT2D eigenvalue weighted by Gasteiger charge is 2.14. The molecule has 1 atom stereocenters. The van der Waals surface area contributed by atoms with E-state index in [4.69, 9.17) is 10.8 Å². The van der Waals surface area contributed by atoms with Crippen LogP contribution in [0.4, 0.5) is 0 Å². The standard InChI is InChI=1S/C11H15NO3/c1-6-7(2)10(13)4-3-8(6)5-9(12)11(14)15/h3-4,9,13H,5,12H2,1-2H3,(H,14,15). The van der Waals surface area contributed by atoms with Crippen LogP contribution in [0.5, 0.6) is 5.75 Å². The second-order valence-electron chi connectivity index (χ2n) is 3.64. The molecule has 0 aliphatic heterocycles. The van der Waals surface area contributed by atoms with Crippen LogP contribution in [0.15, 0.2) is 12.1 Å². The Morgan fingerprint density at radius 1 is 1.40 bits per heavy atom. The van der Waals surface area contributed by atoms with Crippen LogP contribution >= 0.6 is 0 Å². The van der Waals surface area contributed by atoms with Gasteiger partial charge in [-0.2, -0.15) is 0 Å². The van der Waals surface area contributed by atoms with Gasteiger partial charge in [0.2, 0.25) is 0 Å². The van der Waals surface area contributed by atoms with Crippen LogP contribution in [0.25, 0.3) is 0 Å². The fraction of sp³-hybridized carbons (Fsp3) is 0.364. The SMILES string of the molecule is Cc1c(O)ccc(CC(N)C(=O)O)c1C. The minimum absolute atomic E-state index is 0.222. The number of rotatable bonds is 3. The van der Waals surface area contributed by atoms with Gasteiger partial charge in [0.15, 0.2) is 0 Å². The van der Waals surface area contributed by atoms with E-state index in [0.717, 1.165) is 16.7 Å². The number of nitrogens with two attached hydrogens (primary N) is 1. The Balaban J connectivity index is 2.97. The topological polar surface area (TPSA) is 83.5 Å². The van der Waals surface area contributed by atoms with E-state index in [1.165, 1.54) is 0 Å². The molecule has 0 spiro atoms. The largest absolute Gasteiger partial charge is 0.508 e. The van der Waals surface area contributed by atoms with Gasteiger partial charge in [-0.1, -0.05) is 6.07 Å². The lowest BCUT2D eigenvalue weighted by atomic mass is 9.97. The zero-order valence-corrected chi connectivity index (χ0v) is 8.82. The summed E-state index contributed by atoms with van der Waals surface area (Å²) < 4.78 is 0. The van der Waals surface area contributed by atoms with E-state index in [9.17, 15) is 9.90 Å². The minimum atomic E-state index is -1.01. The number of aromatic hydroxyl groups is 1. The Bertz CT molecular complexity index is 388. The van der Waals surface area contributed by atoms with Crippen LogP contribution in [0, 0.1) is 13.8 Å². The van der Waals surface area contributed by atoms with E-state index in [1.54, 1.807) is 19.1 Å². The van der Waals surface area contributed by atoms with Crippen LogP contribution in [-0.4, -0.2) is 22.2 Å². The van der Waals surface area contributed by atoms with Crippen molar-refractivity contribution in [2.75, 3.05) is 0 Å². The van der Waals surface area contributed by atoms with Gasteiger partial charge in [-0.15, -0.1) is 0 Å². The molecule has 0 aliphatic rings. The number of hydrogen-bond acceptors (Lipinski definition) is 3. The third-order valence-electron chi connectivity index (χ3n) is 2.63. The number of carboxylic acids is 1. The summed E-state index contributed by atoms with van der Waals surface area (Å²) in [6, 6.07) is 2.37. The Labute approximate surface area is 88.3 Å². The fourth-order valence-electron chi connectivity index (χ4n) is 1.41. The average Bonchev–Trinajstić information content (AvgIpc) is 2.18. The number of hydrogen-bond donors (Lipinski definition) is 3. The van der Waals surface area contributed by atoms with Crippen LogP contribution in [0.2, 0.25) is 0 Å². The average molecular weight is 209 g/mol. The molecule has 0 bridgehead atoms. The van der Waals surface area contributed by atoms with E-state index < -0.39 is 12.0 Å². The molecule has 4 nitrogen and oxygen atoms in total. The highest BCUT2D eigenvalue weighted by Crippen LogP contribution is 2.23. The van der Waals surface area contributed by atoms with E-state index in [0.29, 0.717) is 0 Å². The molecular weight excluding hydrogens is 194 g/mol. The van der Waals surface area contributed by atoms with Crippen LogP contribution in [0.1, 0.15) is 16.7 Å². The zero-order chi connectivity index (χ0) is 11.6. The normalized spacial score (nSPS) is 12.5. The first-order valence-electron chi connectivity index (χ1n) is 4.70. The van der Waals surface area contributed by atoms with Gasteiger partial charge in [-0.05, 0) is 43.0 Å². The van der Waals surface area contributed by atoms with Crippen molar-refractivity contribution in [1.82, 2.24) is 0 Å². The van der Waals surface area contributed by atoms with Crippen molar-refractivity contribution < 1.29 is 15.0 Å². The second-order valence-corrected chi connectivity index (χ2v) is 3.64.